The van der Waals surface area contributed by atoms with Gasteiger partial charge in [0, 0.05) is 26.2 Å². The van der Waals surface area contributed by atoms with E-state index < -0.39 is 16.3 Å². The number of hydrogen-bond acceptors (Lipinski definition) is 4. The minimum absolute atomic E-state index is 0.113. The first-order valence-corrected chi connectivity index (χ1v) is 7.60. The van der Waals surface area contributed by atoms with Gasteiger partial charge in [-0.2, -0.15) is 12.7 Å². The predicted octanol–water partition coefficient (Wildman–Crippen LogP) is -1.29. The summed E-state index contributed by atoms with van der Waals surface area (Å²) in [5, 5.41) is 5.03. The summed E-state index contributed by atoms with van der Waals surface area (Å²) in [4.78, 5) is 13.7. The van der Waals surface area contributed by atoms with Crippen LogP contribution in [0, 0.1) is 5.92 Å². The quantitative estimate of drug-likeness (QED) is 0.666. The van der Waals surface area contributed by atoms with E-state index in [-0.39, 0.29) is 24.9 Å². The lowest BCUT2D eigenvalue weighted by atomic mass is 9.99. The van der Waals surface area contributed by atoms with Crippen molar-refractivity contribution in [3.8, 4) is 0 Å². The van der Waals surface area contributed by atoms with Crippen molar-refractivity contribution in [2.75, 3.05) is 26.2 Å². The third-order valence-corrected chi connectivity index (χ3v) is 4.54. The molecule has 7 nitrogen and oxygen atoms in total. The number of carbonyl (C=O) groups is 1. The van der Waals surface area contributed by atoms with Gasteiger partial charge in [0.1, 0.15) is 0 Å². The molecule has 1 amide bonds. The van der Waals surface area contributed by atoms with E-state index in [0.29, 0.717) is 13.1 Å². The van der Waals surface area contributed by atoms with Crippen molar-refractivity contribution in [1.82, 2.24) is 9.21 Å². The highest BCUT2D eigenvalue weighted by Gasteiger charge is 2.30. The molecule has 0 aromatic heterocycles. The Kier molecular flexibility index (Phi) is 5.09. The Morgan fingerprint density at radius 1 is 1.28 bits per heavy atom. The van der Waals surface area contributed by atoms with Crippen LogP contribution in [-0.2, 0) is 15.0 Å². The van der Waals surface area contributed by atoms with E-state index in [1.54, 1.807) is 4.90 Å². The summed E-state index contributed by atoms with van der Waals surface area (Å²) in [6, 6.07) is -0.518. The summed E-state index contributed by atoms with van der Waals surface area (Å²) in [5.74, 6) is 0.00666. The van der Waals surface area contributed by atoms with Gasteiger partial charge in [-0.15, -0.1) is 0 Å². The summed E-state index contributed by atoms with van der Waals surface area (Å²) in [6.45, 7) is 5.08. The summed E-state index contributed by atoms with van der Waals surface area (Å²) >= 11 is 0. The monoisotopic (exact) mass is 278 g/mol. The first-order chi connectivity index (χ1) is 8.27. The fourth-order valence-electron chi connectivity index (χ4n) is 1.87. The van der Waals surface area contributed by atoms with E-state index in [4.69, 9.17) is 10.9 Å². The molecule has 0 radical (unpaired) electrons. The molecule has 1 saturated heterocycles. The van der Waals surface area contributed by atoms with Crippen LogP contribution in [0.25, 0.3) is 0 Å². The zero-order valence-electron chi connectivity index (χ0n) is 10.9. The van der Waals surface area contributed by atoms with Crippen molar-refractivity contribution in [3.05, 3.63) is 0 Å². The van der Waals surface area contributed by atoms with Gasteiger partial charge >= 0.3 is 0 Å². The van der Waals surface area contributed by atoms with Gasteiger partial charge in [-0.05, 0) is 5.92 Å². The second-order valence-corrected chi connectivity index (χ2v) is 6.23. The molecule has 2 unspecified atom stereocenters. The van der Waals surface area contributed by atoms with Crippen LogP contribution in [0.15, 0.2) is 0 Å². The molecule has 0 bridgehead atoms. The molecule has 2 atom stereocenters. The third kappa shape index (κ3) is 3.64. The molecule has 1 fully saturated rings. The van der Waals surface area contributed by atoms with E-state index in [1.165, 1.54) is 4.31 Å². The zero-order valence-corrected chi connectivity index (χ0v) is 11.7. The molecule has 1 aliphatic rings. The van der Waals surface area contributed by atoms with Gasteiger partial charge in [0.25, 0.3) is 10.2 Å². The van der Waals surface area contributed by atoms with Crippen LogP contribution in [0.5, 0.6) is 0 Å². The molecular formula is C10H22N4O3S. The highest BCUT2D eigenvalue weighted by molar-refractivity contribution is 7.86. The lowest BCUT2D eigenvalue weighted by molar-refractivity contribution is -0.134. The van der Waals surface area contributed by atoms with Crippen LogP contribution < -0.4 is 10.9 Å². The molecule has 0 aliphatic carbocycles. The summed E-state index contributed by atoms with van der Waals surface area (Å²) in [7, 11) is -3.65. The second-order valence-electron chi connectivity index (χ2n) is 4.68. The lowest BCUT2D eigenvalue weighted by Gasteiger charge is -2.35. The standard InChI is InChI=1S/C10H22N4O3S/c1-3-8(2)9(11)10(15)13-4-6-14(7-5-13)18(12,16)17/h8-9H,3-7,11H2,1-2H3,(H2,12,16,17). The highest BCUT2D eigenvalue weighted by Crippen LogP contribution is 2.11. The number of carbonyl (C=O) groups excluding carboxylic acids is 1. The predicted molar refractivity (Wildman–Crippen MR) is 68.7 cm³/mol. The van der Waals surface area contributed by atoms with Crippen LogP contribution in [0.4, 0.5) is 0 Å². The molecule has 1 aliphatic heterocycles. The molecule has 4 N–H and O–H groups in total. The Morgan fingerprint density at radius 3 is 2.17 bits per heavy atom. The second kappa shape index (κ2) is 5.96. The van der Waals surface area contributed by atoms with E-state index >= 15 is 0 Å². The van der Waals surface area contributed by atoms with Gasteiger partial charge in [-0.3, -0.25) is 4.79 Å². The minimum Gasteiger partial charge on any atom is -0.339 e. The molecule has 0 spiro atoms. The number of rotatable bonds is 4. The Balaban J connectivity index is 2.55. The lowest BCUT2D eigenvalue weighted by Crippen LogP contribution is -2.56. The van der Waals surface area contributed by atoms with Crippen LogP contribution in [-0.4, -0.2) is 55.8 Å². The Hall–Kier alpha value is -0.700. The van der Waals surface area contributed by atoms with Gasteiger partial charge in [0.15, 0.2) is 0 Å². The summed E-state index contributed by atoms with van der Waals surface area (Å²) in [5.41, 5.74) is 5.87. The van der Waals surface area contributed by atoms with Crippen molar-refractivity contribution >= 4 is 16.1 Å². The van der Waals surface area contributed by atoms with Gasteiger partial charge in [0.2, 0.25) is 5.91 Å². The molecule has 1 heterocycles. The van der Waals surface area contributed by atoms with Crippen LogP contribution in [0.1, 0.15) is 20.3 Å². The minimum atomic E-state index is -3.65. The van der Waals surface area contributed by atoms with Gasteiger partial charge in [-0.25, -0.2) is 5.14 Å². The SMILES string of the molecule is CCC(C)C(N)C(=O)N1CCN(S(N)(=O)=O)CC1. The summed E-state index contributed by atoms with van der Waals surface area (Å²) in [6.07, 6.45) is 0.837. The highest BCUT2D eigenvalue weighted by atomic mass is 32.2. The average molecular weight is 278 g/mol. The van der Waals surface area contributed by atoms with E-state index in [2.05, 4.69) is 0 Å². The molecule has 0 aromatic rings. The molecule has 18 heavy (non-hydrogen) atoms. The number of nitrogens with zero attached hydrogens (tertiary/aromatic N) is 2. The number of hydrogen-bond donors (Lipinski definition) is 2. The van der Waals surface area contributed by atoms with Crippen LogP contribution in [0.3, 0.4) is 0 Å². The maximum absolute atomic E-state index is 12.1. The van der Waals surface area contributed by atoms with Crippen molar-refractivity contribution in [3.63, 3.8) is 0 Å². The number of amides is 1. The Labute approximate surface area is 108 Å². The summed E-state index contributed by atoms with van der Waals surface area (Å²) < 4.78 is 23.4. The van der Waals surface area contributed by atoms with Crippen molar-refractivity contribution in [2.24, 2.45) is 16.8 Å². The zero-order chi connectivity index (χ0) is 13.9. The third-order valence-electron chi connectivity index (χ3n) is 3.45. The molecule has 1 rings (SSSR count). The molecule has 8 heteroatoms. The first kappa shape index (κ1) is 15.4. The topological polar surface area (TPSA) is 110 Å². The normalized spacial score (nSPS) is 21.7. The van der Waals surface area contributed by atoms with E-state index in [9.17, 15) is 13.2 Å². The van der Waals surface area contributed by atoms with Crippen molar-refractivity contribution in [2.45, 2.75) is 26.3 Å². The Morgan fingerprint density at radius 2 is 1.78 bits per heavy atom. The van der Waals surface area contributed by atoms with Crippen molar-refractivity contribution in [1.29, 1.82) is 0 Å². The maximum Gasteiger partial charge on any atom is 0.277 e. The van der Waals surface area contributed by atoms with Gasteiger partial charge in [0.05, 0.1) is 6.04 Å². The van der Waals surface area contributed by atoms with Gasteiger partial charge in [-0.1, -0.05) is 20.3 Å². The maximum atomic E-state index is 12.1. The fourth-order valence-corrected chi connectivity index (χ4v) is 2.54. The first-order valence-electron chi connectivity index (χ1n) is 6.09. The molecule has 0 saturated carbocycles. The van der Waals surface area contributed by atoms with Crippen LogP contribution in [0.2, 0.25) is 0 Å². The van der Waals surface area contributed by atoms with E-state index in [0.717, 1.165) is 6.42 Å². The molecule has 106 valence electrons. The Bertz CT molecular complexity index is 390. The smallest absolute Gasteiger partial charge is 0.277 e. The largest absolute Gasteiger partial charge is 0.339 e. The number of nitrogens with two attached hydrogens (primary N) is 2. The number of piperazine rings is 1. The fraction of sp³-hybridized carbons (Fsp3) is 0.900. The van der Waals surface area contributed by atoms with E-state index in [1.807, 2.05) is 13.8 Å². The molecule has 0 aromatic carbocycles. The van der Waals surface area contributed by atoms with Crippen molar-refractivity contribution < 1.29 is 13.2 Å². The van der Waals surface area contributed by atoms with Crippen LogP contribution >= 0.6 is 0 Å². The molecular weight excluding hydrogens is 256 g/mol. The average Bonchev–Trinajstić information content (AvgIpc) is 2.35. The van der Waals surface area contributed by atoms with Gasteiger partial charge < -0.3 is 10.6 Å².